The van der Waals surface area contributed by atoms with Gasteiger partial charge >= 0.3 is 0 Å². The van der Waals surface area contributed by atoms with Crippen LogP contribution in [0.5, 0.6) is 5.75 Å². The first kappa shape index (κ1) is 15.1. The minimum atomic E-state index is 0.175. The molecule has 0 bridgehead atoms. The molecule has 0 aromatic heterocycles. The molecule has 0 fully saturated rings. The van der Waals surface area contributed by atoms with Crippen molar-refractivity contribution in [3.8, 4) is 5.75 Å². The summed E-state index contributed by atoms with van der Waals surface area (Å²) in [6, 6.07) is 15.7. The number of hydrogen-bond acceptors (Lipinski definition) is 3. The lowest BCUT2D eigenvalue weighted by molar-refractivity contribution is 0.0988. The molecule has 3 heteroatoms. The Labute approximate surface area is 126 Å². The number of ether oxygens (including phenoxy) is 1. The zero-order chi connectivity index (χ0) is 15.2. The van der Waals surface area contributed by atoms with Crippen molar-refractivity contribution in [2.75, 3.05) is 19.1 Å². The molecule has 2 aromatic carbocycles. The van der Waals surface area contributed by atoms with Gasteiger partial charge in [-0.1, -0.05) is 25.1 Å². The number of methoxy groups -OCH3 is 1. The van der Waals surface area contributed by atoms with E-state index in [0.29, 0.717) is 6.42 Å². The van der Waals surface area contributed by atoms with E-state index >= 15 is 0 Å². The van der Waals surface area contributed by atoms with Crippen LogP contribution in [0.4, 0.5) is 5.69 Å². The van der Waals surface area contributed by atoms with Crippen molar-refractivity contribution >= 4 is 11.5 Å². The van der Waals surface area contributed by atoms with E-state index in [1.54, 1.807) is 7.11 Å². The second kappa shape index (κ2) is 6.93. The number of benzene rings is 2. The molecule has 0 saturated carbocycles. The molecule has 0 aliphatic carbocycles. The zero-order valence-corrected chi connectivity index (χ0v) is 12.8. The highest BCUT2D eigenvalue weighted by atomic mass is 16.5. The number of carbonyl (C=O) groups excluding carboxylic acids is 1. The summed E-state index contributed by atoms with van der Waals surface area (Å²) in [7, 11) is 3.72. The molecule has 21 heavy (non-hydrogen) atoms. The molecule has 0 saturated heterocycles. The molecule has 0 amide bonds. The van der Waals surface area contributed by atoms with Crippen LogP contribution in [0.1, 0.15) is 29.3 Å². The summed E-state index contributed by atoms with van der Waals surface area (Å²) in [5.41, 5.74) is 2.98. The Hall–Kier alpha value is -2.29. The molecule has 0 radical (unpaired) electrons. The first-order valence-electron chi connectivity index (χ1n) is 7.12. The SMILES string of the molecule is CCC(=O)c1ccc(N(C)Cc2ccccc2OC)cc1. The fraction of sp³-hybridized carbons (Fsp3) is 0.278. The molecule has 0 unspecified atom stereocenters. The number of carbonyl (C=O) groups is 1. The van der Waals surface area contributed by atoms with Crippen LogP contribution in [0.3, 0.4) is 0 Å². The zero-order valence-electron chi connectivity index (χ0n) is 12.8. The van der Waals surface area contributed by atoms with E-state index in [4.69, 9.17) is 4.74 Å². The van der Waals surface area contributed by atoms with Crippen molar-refractivity contribution in [3.05, 3.63) is 59.7 Å². The van der Waals surface area contributed by atoms with E-state index in [1.165, 1.54) is 0 Å². The van der Waals surface area contributed by atoms with Gasteiger partial charge < -0.3 is 9.64 Å². The molecule has 0 atom stereocenters. The van der Waals surface area contributed by atoms with Crippen molar-refractivity contribution in [1.29, 1.82) is 0 Å². The summed E-state index contributed by atoms with van der Waals surface area (Å²) in [6.07, 6.45) is 0.538. The average molecular weight is 283 g/mol. The second-order valence-corrected chi connectivity index (χ2v) is 4.99. The van der Waals surface area contributed by atoms with Gasteiger partial charge in [0, 0.05) is 36.8 Å². The first-order valence-corrected chi connectivity index (χ1v) is 7.12. The lowest BCUT2D eigenvalue weighted by atomic mass is 10.1. The third-order valence-corrected chi connectivity index (χ3v) is 3.55. The minimum Gasteiger partial charge on any atom is -0.496 e. The summed E-state index contributed by atoms with van der Waals surface area (Å²) in [5.74, 6) is 1.07. The Morgan fingerprint density at radius 2 is 1.76 bits per heavy atom. The van der Waals surface area contributed by atoms with E-state index < -0.39 is 0 Å². The molecule has 0 aliphatic heterocycles. The monoisotopic (exact) mass is 283 g/mol. The standard InChI is InChI=1S/C18H21NO2/c1-4-17(20)14-9-11-16(12-10-14)19(2)13-15-7-5-6-8-18(15)21-3/h5-12H,4,13H2,1-3H3. The topological polar surface area (TPSA) is 29.5 Å². The average Bonchev–Trinajstić information content (AvgIpc) is 2.54. The van der Waals surface area contributed by atoms with Gasteiger partial charge in [-0.15, -0.1) is 0 Å². The van der Waals surface area contributed by atoms with E-state index in [-0.39, 0.29) is 5.78 Å². The smallest absolute Gasteiger partial charge is 0.162 e. The van der Waals surface area contributed by atoms with Crippen molar-refractivity contribution in [1.82, 2.24) is 0 Å². The molecule has 0 spiro atoms. The number of ketones is 1. The Morgan fingerprint density at radius 1 is 1.10 bits per heavy atom. The van der Waals surface area contributed by atoms with Gasteiger partial charge in [0.1, 0.15) is 5.75 Å². The van der Waals surface area contributed by atoms with E-state index in [9.17, 15) is 4.79 Å². The van der Waals surface area contributed by atoms with Gasteiger partial charge in [-0.3, -0.25) is 4.79 Å². The molecular formula is C18H21NO2. The van der Waals surface area contributed by atoms with Crippen molar-refractivity contribution in [3.63, 3.8) is 0 Å². The maximum atomic E-state index is 11.6. The maximum Gasteiger partial charge on any atom is 0.162 e. The molecule has 3 nitrogen and oxygen atoms in total. The Bertz CT molecular complexity index is 605. The number of anilines is 1. The number of Topliss-reactive ketones (excluding diaryl/α,β-unsaturated/α-hetero) is 1. The van der Waals surface area contributed by atoms with Gasteiger partial charge in [0.25, 0.3) is 0 Å². The molecule has 2 aromatic rings. The lowest BCUT2D eigenvalue weighted by Crippen LogP contribution is -2.17. The highest BCUT2D eigenvalue weighted by Crippen LogP contribution is 2.22. The highest BCUT2D eigenvalue weighted by molar-refractivity contribution is 5.96. The first-order chi connectivity index (χ1) is 10.2. The maximum absolute atomic E-state index is 11.6. The van der Waals surface area contributed by atoms with Crippen LogP contribution >= 0.6 is 0 Å². The fourth-order valence-electron chi connectivity index (χ4n) is 2.29. The van der Waals surface area contributed by atoms with Crippen molar-refractivity contribution in [2.45, 2.75) is 19.9 Å². The normalized spacial score (nSPS) is 10.2. The minimum absolute atomic E-state index is 0.175. The van der Waals surface area contributed by atoms with Gasteiger partial charge in [-0.05, 0) is 30.3 Å². The van der Waals surface area contributed by atoms with Crippen LogP contribution < -0.4 is 9.64 Å². The number of para-hydroxylation sites is 1. The third-order valence-electron chi connectivity index (χ3n) is 3.55. The Balaban J connectivity index is 2.13. The molecule has 0 aliphatic rings. The highest BCUT2D eigenvalue weighted by Gasteiger charge is 2.08. The van der Waals surface area contributed by atoms with Gasteiger partial charge in [-0.2, -0.15) is 0 Å². The van der Waals surface area contributed by atoms with Gasteiger partial charge in [0.2, 0.25) is 0 Å². The summed E-state index contributed by atoms with van der Waals surface area (Å²) >= 11 is 0. The van der Waals surface area contributed by atoms with Gasteiger partial charge in [0.15, 0.2) is 5.78 Å². The number of hydrogen-bond donors (Lipinski definition) is 0. The number of nitrogens with zero attached hydrogens (tertiary/aromatic N) is 1. The van der Waals surface area contributed by atoms with Crippen LogP contribution in [0, 0.1) is 0 Å². The summed E-state index contributed by atoms with van der Waals surface area (Å²) in [5, 5.41) is 0. The molecule has 110 valence electrons. The fourth-order valence-corrected chi connectivity index (χ4v) is 2.29. The third kappa shape index (κ3) is 3.63. The van der Waals surface area contributed by atoms with Gasteiger partial charge in [-0.25, -0.2) is 0 Å². The molecular weight excluding hydrogens is 262 g/mol. The summed E-state index contributed by atoms with van der Waals surface area (Å²) in [4.78, 5) is 13.8. The van der Waals surface area contributed by atoms with Gasteiger partial charge in [0.05, 0.1) is 7.11 Å². The quantitative estimate of drug-likeness (QED) is 0.752. The molecule has 2 rings (SSSR count). The summed E-state index contributed by atoms with van der Waals surface area (Å²) in [6.45, 7) is 2.63. The lowest BCUT2D eigenvalue weighted by Gasteiger charge is -2.21. The van der Waals surface area contributed by atoms with Crippen LogP contribution in [0.25, 0.3) is 0 Å². The van der Waals surface area contributed by atoms with Crippen LogP contribution in [-0.4, -0.2) is 19.9 Å². The summed E-state index contributed by atoms with van der Waals surface area (Å²) < 4.78 is 5.38. The molecule has 0 heterocycles. The largest absolute Gasteiger partial charge is 0.496 e. The Kier molecular flexibility index (Phi) is 4.99. The predicted octanol–water partition coefficient (Wildman–Crippen LogP) is 3.92. The van der Waals surface area contributed by atoms with Crippen molar-refractivity contribution in [2.24, 2.45) is 0 Å². The van der Waals surface area contributed by atoms with E-state index in [1.807, 2.05) is 56.4 Å². The second-order valence-electron chi connectivity index (χ2n) is 4.99. The number of rotatable bonds is 6. The van der Waals surface area contributed by atoms with Crippen LogP contribution in [0.15, 0.2) is 48.5 Å². The van der Waals surface area contributed by atoms with Crippen LogP contribution in [0.2, 0.25) is 0 Å². The van der Waals surface area contributed by atoms with E-state index in [0.717, 1.165) is 29.1 Å². The van der Waals surface area contributed by atoms with Crippen molar-refractivity contribution < 1.29 is 9.53 Å². The molecule has 0 N–H and O–H groups in total. The predicted molar refractivity (Wildman–Crippen MR) is 86.2 cm³/mol. The van der Waals surface area contributed by atoms with Crippen LogP contribution in [-0.2, 0) is 6.54 Å². The van der Waals surface area contributed by atoms with E-state index in [2.05, 4.69) is 11.0 Å². The Morgan fingerprint density at radius 3 is 2.38 bits per heavy atom.